The fraction of sp³-hybridized carbons (Fsp3) is 0.600. The van der Waals surface area contributed by atoms with Gasteiger partial charge in [0.05, 0.1) is 7.11 Å². The molecule has 1 aliphatic carbocycles. The van der Waals surface area contributed by atoms with Crippen LogP contribution >= 0.6 is 0 Å². The maximum atomic E-state index is 6.18. The molecule has 1 aromatic carbocycles. The van der Waals surface area contributed by atoms with Crippen molar-refractivity contribution in [1.82, 2.24) is 4.90 Å². The van der Waals surface area contributed by atoms with Crippen molar-refractivity contribution in [2.45, 2.75) is 44.3 Å². The van der Waals surface area contributed by atoms with Crippen molar-refractivity contribution in [3.63, 3.8) is 0 Å². The van der Waals surface area contributed by atoms with Gasteiger partial charge in [-0.1, -0.05) is 18.6 Å². The number of nitrogens with zero attached hydrogens (tertiary/aromatic N) is 1. The van der Waals surface area contributed by atoms with Gasteiger partial charge in [-0.05, 0) is 44.5 Å². The Labute approximate surface area is 110 Å². The molecule has 0 bridgehead atoms. The zero-order valence-electron chi connectivity index (χ0n) is 11.6. The zero-order chi connectivity index (χ0) is 13.1. The number of hydrogen-bond donors (Lipinski definition) is 1. The first kappa shape index (κ1) is 13.4. The molecular weight excluding hydrogens is 224 g/mol. The summed E-state index contributed by atoms with van der Waals surface area (Å²) in [5.41, 5.74) is 7.46. The summed E-state index contributed by atoms with van der Waals surface area (Å²) in [6.45, 7) is 2.09. The van der Waals surface area contributed by atoms with Crippen LogP contribution in [0.3, 0.4) is 0 Å². The van der Waals surface area contributed by atoms with E-state index in [0.29, 0.717) is 12.1 Å². The van der Waals surface area contributed by atoms with Gasteiger partial charge in [0.2, 0.25) is 0 Å². The average molecular weight is 248 g/mol. The van der Waals surface area contributed by atoms with Crippen LogP contribution in [0.5, 0.6) is 5.75 Å². The van der Waals surface area contributed by atoms with Gasteiger partial charge in [-0.3, -0.25) is 4.90 Å². The van der Waals surface area contributed by atoms with Crippen LogP contribution in [0, 0.1) is 0 Å². The molecular formula is C15H24N2O. The van der Waals surface area contributed by atoms with Crippen LogP contribution in [-0.4, -0.2) is 31.1 Å². The van der Waals surface area contributed by atoms with Gasteiger partial charge in [-0.2, -0.15) is 0 Å². The summed E-state index contributed by atoms with van der Waals surface area (Å²) >= 11 is 0. The van der Waals surface area contributed by atoms with Crippen LogP contribution in [0.25, 0.3) is 0 Å². The first-order valence-electron chi connectivity index (χ1n) is 6.75. The molecule has 0 heterocycles. The molecule has 3 heteroatoms. The fourth-order valence-electron chi connectivity index (χ4n) is 2.73. The number of benzene rings is 1. The Hall–Kier alpha value is -1.06. The van der Waals surface area contributed by atoms with Gasteiger partial charge >= 0.3 is 0 Å². The van der Waals surface area contributed by atoms with E-state index in [-0.39, 0.29) is 6.04 Å². The minimum Gasteiger partial charge on any atom is -0.497 e. The Morgan fingerprint density at radius 2 is 1.89 bits per heavy atom. The lowest BCUT2D eigenvalue weighted by Gasteiger charge is -2.41. The molecule has 0 amide bonds. The molecule has 2 unspecified atom stereocenters. The molecule has 2 N–H and O–H groups in total. The second-order valence-corrected chi connectivity index (χ2v) is 5.33. The summed E-state index contributed by atoms with van der Waals surface area (Å²) in [6.07, 6.45) is 3.95. The summed E-state index contributed by atoms with van der Waals surface area (Å²) in [4.78, 5) is 2.44. The average Bonchev–Trinajstić information content (AvgIpc) is 2.27. The van der Waals surface area contributed by atoms with E-state index in [9.17, 15) is 0 Å². The minimum atomic E-state index is 0.129. The molecule has 3 nitrogen and oxygen atoms in total. The minimum absolute atomic E-state index is 0.129. The van der Waals surface area contributed by atoms with E-state index >= 15 is 0 Å². The number of nitrogens with two attached hydrogens (primary N) is 1. The topological polar surface area (TPSA) is 38.5 Å². The maximum absolute atomic E-state index is 6.18. The first-order valence-corrected chi connectivity index (χ1v) is 6.75. The van der Waals surface area contributed by atoms with Crippen molar-refractivity contribution in [2.75, 3.05) is 14.2 Å². The number of ether oxygens (including phenoxy) is 1. The number of hydrogen-bond acceptors (Lipinski definition) is 3. The number of likely N-dealkylation sites (N-methyl/N-ethyl adjacent to an activating group) is 1. The Morgan fingerprint density at radius 1 is 1.28 bits per heavy atom. The van der Waals surface area contributed by atoms with E-state index in [1.165, 1.54) is 24.8 Å². The highest BCUT2D eigenvalue weighted by Gasteiger charge is 2.30. The van der Waals surface area contributed by atoms with Crippen LogP contribution in [0.1, 0.15) is 37.8 Å². The van der Waals surface area contributed by atoms with Gasteiger partial charge in [0.1, 0.15) is 5.75 Å². The van der Waals surface area contributed by atoms with E-state index in [1.807, 2.05) is 12.1 Å². The Bertz CT molecular complexity index is 371. The third-order valence-corrected chi connectivity index (χ3v) is 4.04. The molecule has 1 fully saturated rings. The SMILES string of the molecule is COc1ccc(C(C(C)N)N(C)C2CCC2)cc1. The molecule has 0 aliphatic heterocycles. The van der Waals surface area contributed by atoms with Gasteiger partial charge in [-0.15, -0.1) is 0 Å². The van der Waals surface area contributed by atoms with Crippen LogP contribution in [0.2, 0.25) is 0 Å². The molecule has 1 aliphatic rings. The lowest BCUT2D eigenvalue weighted by Crippen LogP contribution is -2.45. The molecule has 0 saturated heterocycles. The molecule has 1 aromatic rings. The third kappa shape index (κ3) is 2.68. The quantitative estimate of drug-likeness (QED) is 0.870. The van der Waals surface area contributed by atoms with Gasteiger partial charge in [-0.25, -0.2) is 0 Å². The fourth-order valence-corrected chi connectivity index (χ4v) is 2.73. The van der Waals surface area contributed by atoms with Crippen molar-refractivity contribution in [2.24, 2.45) is 5.73 Å². The van der Waals surface area contributed by atoms with Crippen LogP contribution in [0.4, 0.5) is 0 Å². The molecule has 0 aromatic heterocycles. The van der Waals surface area contributed by atoms with Crippen molar-refractivity contribution >= 4 is 0 Å². The van der Waals surface area contributed by atoms with E-state index < -0.39 is 0 Å². The molecule has 2 atom stereocenters. The Morgan fingerprint density at radius 3 is 2.28 bits per heavy atom. The van der Waals surface area contributed by atoms with E-state index in [2.05, 4.69) is 31.0 Å². The summed E-state index contributed by atoms with van der Waals surface area (Å²) < 4.78 is 5.20. The molecule has 100 valence electrons. The summed E-state index contributed by atoms with van der Waals surface area (Å²) in [6, 6.07) is 9.40. The van der Waals surface area contributed by atoms with Crippen molar-refractivity contribution in [3.05, 3.63) is 29.8 Å². The van der Waals surface area contributed by atoms with Crippen LogP contribution in [-0.2, 0) is 0 Å². The molecule has 18 heavy (non-hydrogen) atoms. The van der Waals surface area contributed by atoms with E-state index in [1.54, 1.807) is 7.11 Å². The summed E-state index contributed by atoms with van der Waals surface area (Å²) in [5.74, 6) is 0.897. The van der Waals surface area contributed by atoms with Crippen LogP contribution in [0.15, 0.2) is 24.3 Å². The predicted molar refractivity (Wildman–Crippen MR) is 74.8 cm³/mol. The third-order valence-electron chi connectivity index (χ3n) is 4.04. The highest BCUT2D eigenvalue weighted by Crippen LogP contribution is 2.32. The highest BCUT2D eigenvalue weighted by molar-refractivity contribution is 5.30. The zero-order valence-corrected chi connectivity index (χ0v) is 11.6. The lowest BCUT2D eigenvalue weighted by molar-refractivity contribution is 0.0979. The summed E-state index contributed by atoms with van der Waals surface area (Å²) in [5, 5.41) is 0. The highest BCUT2D eigenvalue weighted by atomic mass is 16.5. The second kappa shape index (κ2) is 5.72. The normalized spacial score (nSPS) is 19.4. The van der Waals surface area contributed by atoms with Gasteiger partial charge in [0, 0.05) is 18.1 Å². The monoisotopic (exact) mass is 248 g/mol. The maximum Gasteiger partial charge on any atom is 0.118 e. The second-order valence-electron chi connectivity index (χ2n) is 5.33. The predicted octanol–water partition coefficient (Wildman–Crippen LogP) is 2.57. The van der Waals surface area contributed by atoms with Crippen molar-refractivity contribution in [3.8, 4) is 5.75 Å². The standard InChI is InChI=1S/C15H24N2O/c1-11(16)15(17(2)13-5-4-6-13)12-7-9-14(18-3)10-8-12/h7-11,13,15H,4-6,16H2,1-3H3. The first-order chi connectivity index (χ1) is 8.63. The lowest BCUT2D eigenvalue weighted by atomic mass is 9.88. The molecule has 0 spiro atoms. The smallest absolute Gasteiger partial charge is 0.118 e. The Balaban J connectivity index is 2.17. The molecule has 0 radical (unpaired) electrons. The number of rotatable bonds is 5. The molecule has 2 rings (SSSR count). The van der Waals surface area contributed by atoms with E-state index in [0.717, 1.165) is 5.75 Å². The van der Waals surface area contributed by atoms with Gasteiger partial charge < -0.3 is 10.5 Å². The van der Waals surface area contributed by atoms with Crippen molar-refractivity contribution in [1.29, 1.82) is 0 Å². The molecule has 1 saturated carbocycles. The largest absolute Gasteiger partial charge is 0.497 e. The van der Waals surface area contributed by atoms with Gasteiger partial charge in [0.25, 0.3) is 0 Å². The van der Waals surface area contributed by atoms with Crippen molar-refractivity contribution < 1.29 is 4.74 Å². The van der Waals surface area contributed by atoms with E-state index in [4.69, 9.17) is 10.5 Å². The van der Waals surface area contributed by atoms with Gasteiger partial charge in [0.15, 0.2) is 0 Å². The summed E-state index contributed by atoms with van der Waals surface area (Å²) in [7, 11) is 3.89. The Kier molecular flexibility index (Phi) is 4.25. The van der Waals surface area contributed by atoms with Crippen LogP contribution < -0.4 is 10.5 Å². The number of methoxy groups -OCH3 is 1.